The van der Waals surface area contributed by atoms with E-state index in [1.807, 2.05) is 6.07 Å². The number of hydrazone groups is 1. The molecular formula is C14H14N4O2S. The predicted molar refractivity (Wildman–Crippen MR) is 85.1 cm³/mol. The van der Waals surface area contributed by atoms with Crippen LogP contribution in [0.5, 0.6) is 11.5 Å². The van der Waals surface area contributed by atoms with Crippen LogP contribution < -0.4 is 20.6 Å². The Balaban J connectivity index is 2.07. The van der Waals surface area contributed by atoms with Crippen LogP contribution >= 0.6 is 11.3 Å². The van der Waals surface area contributed by atoms with Crippen molar-refractivity contribution in [1.82, 2.24) is 4.98 Å². The fourth-order valence-corrected chi connectivity index (χ4v) is 2.05. The lowest BCUT2D eigenvalue weighted by Gasteiger charge is -2.09. The Hall–Kier alpha value is -2.72. The van der Waals surface area contributed by atoms with Crippen LogP contribution in [0.25, 0.3) is 0 Å². The van der Waals surface area contributed by atoms with Crippen molar-refractivity contribution < 1.29 is 9.47 Å². The summed E-state index contributed by atoms with van der Waals surface area (Å²) in [6.45, 7) is 0.174. The molecular weight excluding hydrogens is 288 g/mol. The summed E-state index contributed by atoms with van der Waals surface area (Å²) in [6, 6.07) is 5.43. The third-order valence-corrected chi connectivity index (χ3v) is 3.16. The van der Waals surface area contributed by atoms with Crippen LogP contribution in [0.4, 0.5) is 10.9 Å². The number of nitrogen functional groups attached to an aromatic ring is 1. The molecule has 0 saturated carbocycles. The van der Waals surface area contributed by atoms with Gasteiger partial charge >= 0.3 is 0 Å². The van der Waals surface area contributed by atoms with Gasteiger partial charge in [0.1, 0.15) is 12.4 Å². The smallest absolute Gasteiger partial charge is 0.205 e. The topological polar surface area (TPSA) is 81.8 Å². The molecule has 108 valence electrons. The number of methoxy groups -OCH3 is 1. The highest BCUT2D eigenvalue weighted by atomic mass is 32.1. The standard InChI is InChI=1S/C14H14N4O2S/c1-3-6-20-12-7-10(4-5-11(12)19-2)8-16-18-14-17-13(15)9-21-14/h1,4-5,7-9H,6,15H2,2H3,(H,17,18). The highest BCUT2D eigenvalue weighted by Gasteiger charge is 2.04. The number of benzene rings is 1. The largest absolute Gasteiger partial charge is 0.493 e. The number of terminal acetylenes is 1. The van der Waals surface area contributed by atoms with E-state index in [-0.39, 0.29) is 6.61 Å². The van der Waals surface area contributed by atoms with Gasteiger partial charge < -0.3 is 15.2 Å². The number of nitrogens with one attached hydrogen (secondary N) is 1. The van der Waals surface area contributed by atoms with Gasteiger partial charge in [0.05, 0.1) is 13.3 Å². The molecule has 0 fully saturated rings. The van der Waals surface area contributed by atoms with Crippen molar-refractivity contribution in [3.05, 3.63) is 29.1 Å². The summed E-state index contributed by atoms with van der Waals surface area (Å²) in [5, 5.41) is 6.44. The van der Waals surface area contributed by atoms with Gasteiger partial charge in [0, 0.05) is 5.38 Å². The van der Waals surface area contributed by atoms with Crippen molar-refractivity contribution in [2.45, 2.75) is 0 Å². The minimum Gasteiger partial charge on any atom is -0.493 e. The summed E-state index contributed by atoms with van der Waals surface area (Å²) >= 11 is 1.38. The molecule has 1 aromatic carbocycles. The van der Waals surface area contributed by atoms with Crippen LogP contribution in [0.3, 0.4) is 0 Å². The molecule has 3 N–H and O–H groups in total. The number of thiazole rings is 1. The van der Waals surface area contributed by atoms with Crippen molar-refractivity contribution in [1.29, 1.82) is 0 Å². The first-order valence-electron chi connectivity index (χ1n) is 5.97. The molecule has 7 heteroatoms. The van der Waals surface area contributed by atoms with Crippen LogP contribution in [-0.4, -0.2) is 24.9 Å². The van der Waals surface area contributed by atoms with Gasteiger partial charge in [0.15, 0.2) is 11.5 Å². The molecule has 1 heterocycles. The average molecular weight is 302 g/mol. The van der Waals surface area contributed by atoms with Crippen LogP contribution in [0, 0.1) is 12.3 Å². The molecule has 21 heavy (non-hydrogen) atoms. The van der Waals surface area contributed by atoms with Crippen LogP contribution in [0.2, 0.25) is 0 Å². The molecule has 0 aliphatic rings. The lowest BCUT2D eigenvalue weighted by atomic mass is 10.2. The van der Waals surface area contributed by atoms with Crippen molar-refractivity contribution in [2.24, 2.45) is 5.10 Å². The number of hydrogen-bond donors (Lipinski definition) is 2. The van der Waals surface area contributed by atoms with E-state index in [0.29, 0.717) is 22.4 Å². The number of nitrogens with zero attached hydrogens (tertiary/aromatic N) is 2. The van der Waals surface area contributed by atoms with Crippen molar-refractivity contribution in [3.63, 3.8) is 0 Å². The van der Waals surface area contributed by atoms with E-state index >= 15 is 0 Å². The van der Waals surface area contributed by atoms with Crippen LogP contribution in [0.1, 0.15) is 5.56 Å². The van der Waals surface area contributed by atoms with Gasteiger partial charge in [-0.25, -0.2) is 4.98 Å². The zero-order chi connectivity index (χ0) is 15.1. The SMILES string of the molecule is C#CCOc1cc(C=NNc2nc(N)cs2)ccc1OC. The quantitative estimate of drug-likeness (QED) is 0.485. The molecule has 6 nitrogen and oxygen atoms in total. The van der Waals surface area contributed by atoms with Gasteiger partial charge in [-0.15, -0.1) is 17.8 Å². The minimum atomic E-state index is 0.174. The van der Waals surface area contributed by atoms with E-state index in [0.717, 1.165) is 5.56 Å². The second-order valence-corrected chi connectivity index (χ2v) is 4.71. The number of rotatable bonds is 6. The average Bonchev–Trinajstić information content (AvgIpc) is 2.91. The molecule has 0 saturated heterocycles. The monoisotopic (exact) mass is 302 g/mol. The number of hydrogen-bond acceptors (Lipinski definition) is 7. The lowest BCUT2D eigenvalue weighted by molar-refractivity contribution is 0.331. The molecule has 0 atom stereocenters. The first-order chi connectivity index (χ1) is 10.2. The molecule has 0 unspecified atom stereocenters. The summed E-state index contributed by atoms with van der Waals surface area (Å²) in [6.07, 6.45) is 6.82. The summed E-state index contributed by atoms with van der Waals surface area (Å²) in [5.74, 6) is 4.06. The molecule has 1 aromatic heterocycles. The van der Waals surface area contributed by atoms with Gasteiger partial charge in [0.2, 0.25) is 5.13 Å². The normalized spacial score (nSPS) is 10.3. The first-order valence-corrected chi connectivity index (χ1v) is 6.85. The van der Waals surface area contributed by atoms with Crippen LogP contribution in [-0.2, 0) is 0 Å². The Bertz CT molecular complexity index is 676. The Kier molecular flexibility index (Phi) is 5.01. The highest BCUT2D eigenvalue weighted by Crippen LogP contribution is 2.27. The first kappa shape index (κ1) is 14.7. The predicted octanol–water partition coefficient (Wildman–Crippen LogP) is 2.19. The number of anilines is 2. The van der Waals surface area contributed by atoms with Crippen molar-refractivity contribution >= 4 is 28.5 Å². The number of aromatic nitrogens is 1. The number of ether oxygens (including phenoxy) is 2. The Labute approximate surface area is 126 Å². The molecule has 0 spiro atoms. The van der Waals surface area contributed by atoms with Crippen LogP contribution in [0.15, 0.2) is 28.7 Å². The maximum absolute atomic E-state index is 5.52. The Morgan fingerprint density at radius 2 is 2.38 bits per heavy atom. The van der Waals surface area contributed by atoms with E-state index in [9.17, 15) is 0 Å². The molecule has 2 rings (SSSR count). The molecule has 0 radical (unpaired) electrons. The molecule has 0 bridgehead atoms. The molecule has 2 aromatic rings. The van der Waals surface area contributed by atoms with E-state index in [4.69, 9.17) is 21.6 Å². The Morgan fingerprint density at radius 1 is 1.52 bits per heavy atom. The highest BCUT2D eigenvalue weighted by molar-refractivity contribution is 7.14. The van der Waals surface area contributed by atoms with E-state index in [2.05, 4.69) is 21.4 Å². The van der Waals surface area contributed by atoms with Gasteiger partial charge in [-0.2, -0.15) is 5.10 Å². The summed E-state index contributed by atoms with van der Waals surface area (Å²) in [5.41, 5.74) is 9.15. The second kappa shape index (κ2) is 7.17. The summed E-state index contributed by atoms with van der Waals surface area (Å²) in [4.78, 5) is 4.03. The van der Waals surface area contributed by atoms with Gasteiger partial charge in [-0.3, -0.25) is 5.43 Å². The second-order valence-electron chi connectivity index (χ2n) is 3.85. The minimum absolute atomic E-state index is 0.174. The van der Waals surface area contributed by atoms with E-state index in [1.54, 1.807) is 30.8 Å². The zero-order valence-corrected chi connectivity index (χ0v) is 12.2. The lowest BCUT2D eigenvalue weighted by Crippen LogP contribution is -1.98. The number of nitrogens with two attached hydrogens (primary N) is 1. The zero-order valence-electron chi connectivity index (χ0n) is 11.4. The maximum atomic E-state index is 5.52. The van der Waals surface area contributed by atoms with E-state index < -0.39 is 0 Å². The van der Waals surface area contributed by atoms with Gasteiger partial charge in [0.25, 0.3) is 0 Å². The maximum Gasteiger partial charge on any atom is 0.205 e. The summed E-state index contributed by atoms with van der Waals surface area (Å²) < 4.78 is 10.6. The van der Waals surface area contributed by atoms with Crippen molar-refractivity contribution in [3.8, 4) is 23.8 Å². The molecule has 0 aliphatic heterocycles. The Morgan fingerprint density at radius 3 is 3.05 bits per heavy atom. The van der Waals surface area contributed by atoms with E-state index in [1.165, 1.54) is 11.3 Å². The van der Waals surface area contributed by atoms with Gasteiger partial charge in [-0.1, -0.05) is 5.92 Å². The molecule has 0 amide bonds. The molecule has 0 aliphatic carbocycles. The van der Waals surface area contributed by atoms with Crippen molar-refractivity contribution in [2.75, 3.05) is 24.9 Å². The third kappa shape index (κ3) is 4.12. The fraction of sp³-hybridized carbons (Fsp3) is 0.143. The van der Waals surface area contributed by atoms with Gasteiger partial charge in [-0.05, 0) is 23.8 Å². The fourth-order valence-electron chi connectivity index (χ4n) is 1.51. The third-order valence-electron chi connectivity index (χ3n) is 2.39. The summed E-state index contributed by atoms with van der Waals surface area (Å²) in [7, 11) is 1.57.